The molecule has 3 aromatic heterocycles. The average Bonchev–Trinajstić information content (AvgIpc) is 4.13. The molecule has 3 saturated heterocycles. The van der Waals surface area contributed by atoms with E-state index in [1.165, 1.54) is 39.1 Å². The van der Waals surface area contributed by atoms with Crippen molar-refractivity contribution in [1.29, 1.82) is 0 Å². The molecule has 4 aliphatic rings. The van der Waals surface area contributed by atoms with E-state index in [1.54, 1.807) is 35.1 Å². The zero-order valence-corrected chi connectivity index (χ0v) is 36.4. The van der Waals surface area contributed by atoms with Crippen molar-refractivity contribution in [2.24, 2.45) is 0 Å². The summed E-state index contributed by atoms with van der Waals surface area (Å²) in [6.07, 6.45) is 6.91. The SMILES string of the molecule is O=C1CCC(Nc2ccc(C3CCN(CC(=O)N4CCN(c5ccc(-c6cc(F)c7cn(C(C(=O)Nc8nccs8)c8ncn9c8CCC9)nc7c6)cc5)CC4)CC3(F)F)c(F)c2)C(=O)N1. The Labute approximate surface area is 379 Å². The van der Waals surface area contributed by atoms with Crippen LogP contribution in [0.1, 0.15) is 54.6 Å². The average molecular weight is 924 g/mol. The number of rotatable bonds is 11. The summed E-state index contributed by atoms with van der Waals surface area (Å²) in [5.74, 6) is -7.52. The van der Waals surface area contributed by atoms with E-state index in [9.17, 15) is 19.2 Å². The molecule has 3 fully saturated rings. The second-order valence-electron chi connectivity index (χ2n) is 17.2. The summed E-state index contributed by atoms with van der Waals surface area (Å²) in [7, 11) is 0. The molecule has 0 spiro atoms. The van der Waals surface area contributed by atoms with E-state index in [1.807, 2.05) is 28.8 Å². The fourth-order valence-corrected chi connectivity index (χ4v) is 10.1. The molecule has 3 atom stereocenters. The molecule has 3 unspecified atom stereocenters. The summed E-state index contributed by atoms with van der Waals surface area (Å²) in [5, 5.41) is 15.2. The van der Waals surface area contributed by atoms with Crippen molar-refractivity contribution in [1.82, 2.24) is 39.4 Å². The Kier molecular flexibility index (Phi) is 11.5. The van der Waals surface area contributed by atoms with Crippen molar-refractivity contribution in [3.8, 4) is 11.1 Å². The maximum Gasteiger partial charge on any atom is 0.267 e. The Balaban J connectivity index is 0.748. The number of piperidine rings is 2. The molecular formula is C46H45F4N11O4S. The van der Waals surface area contributed by atoms with Gasteiger partial charge in [-0.2, -0.15) is 5.10 Å². The lowest BCUT2D eigenvalue weighted by Gasteiger charge is -2.40. The Hall–Kier alpha value is -6.67. The molecule has 7 heterocycles. The van der Waals surface area contributed by atoms with Crippen molar-refractivity contribution < 1.29 is 36.7 Å². The highest BCUT2D eigenvalue weighted by Gasteiger charge is 2.47. The minimum absolute atomic E-state index is 0.0497. The Morgan fingerprint density at radius 2 is 1.73 bits per heavy atom. The number of hydrogen-bond acceptors (Lipinski definition) is 11. The number of nitrogens with zero attached hydrogens (tertiary/aromatic N) is 8. The topological polar surface area (TPSA) is 163 Å². The number of fused-ring (bicyclic) bond motifs is 2. The predicted octanol–water partition coefficient (Wildman–Crippen LogP) is 5.80. The van der Waals surface area contributed by atoms with E-state index in [0.29, 0.717) is 48.1 Å². The van der Waals surface area contributed by atoms with Gasteiger partial charge in [0.1, 0.15) is 17.7 Å². The number of imide groups is 1. The van der Waals surface area contributed by atoms with Crippen LogP contribution in [-0.2, 0) is 32.1 Å². The van der Waals surface area contributed by atoms with Crippen molar-refractivity contribution in [2.45, 2.75) is 62.6 Å². The molecule has 0 bridgehead atoms. The van der Waals surface area contributed by atoms with Crippen LogP contribution < -0.4 is 20.9 Å². The molecule has 15 nitrogen and oxygen atoms in total. The van der Waals surface area contributed by atoms with Gasteiger partial charge in [-0.15, -0.1) is 11.3 Å². The van der Waals surface area contributed by atoms with Crippen LogP contribution in [-0.4, -0.2) is 116 Å². The molecule has 20 heteroatoms. The van der Waals surface area contributed by atoms with Crippen LogP contribution in [0.15, 0.2) is 78.7 Å². The van der Waals surface area contributed by atoms with Crippen LogP contribution in [0, 0.1) is 11.6 Å². The number of piperazine rings is 1. The van der Waals surface area contributed by atoms with E-state index < -0.39 is 48.0 Å². The fourth-order valence-electron chi connectivity index (χ4n) is 9.59. The van der Waals surface area contributed by atoms with Crippen LogP contribution in [0.3, 0.4) is 0 Å². The number of hydrogen-bond donors (Lipinski definition) is 3. The highest BCUT2D eigenvalue weighted by molar-refractivity contribution is 7.13. The van der Waals surface area contributed by atoms with Gasteiger partial charge < -0.3 is 19.7 Å². The number of imidazole rings is 1. The molecule has 6 aromatic rings. The van der Waals surface area contributed by atoms with Crippen molar-refractivity contribution in [3.05, 3.63) is 107 Å². The van der Waals surface area contributed by atoms with E-state index in [2.05, 4.69) is 30.8 Å². The smallest absolute Gasteiger partial charge is 0.267 e. The van der Waals surface area contributed by atoms with Gasteiger partial charge >= 0.3 is 0 Å². The van der Waals surface area contributed by atoms with Gasteiger partial charge in [-0.1, -0.05) is 18.2 Å². The third kappa shape index (κ3) is 8.61. The third-order valence-corrected chi connectivity index (χ3v) is 13.7. The van der Waals surface area contributed by atoms with Crippen LogP contribution in [0.4, 0.5) is 34.1 Å². The van der Waals surface area contributed by atoms with Crippen molar-refractivity contribution >= 4 is 62.4 Å². The standard InChI is InChI=1S/C46H45F4N11O4S/c47-34-20-28(21-37-32(34)23-61(56-37)42(44(65)55-45-51-12-19-66-45)41-38-2-1-13-60(38)26-52-41)27-3-6-30(7-4-27)58-15-17-59(18-16-58)40(63)24-57-14-11-33(46(49,50)25-57)31-8-5-29(22-35(31)48)53-36-9-10-39(62)54-43(36)64/h3-8,12,19-23,26,33,36,42,53H,1-2,9-11,13-18,24-25H2,(H,51,55,65)(H,54,62,64). The first-order valence-corrected chi connectivity index (χ1v) is 22.8. The van der Waals surface area contributed by atoms with E-state index in [0.717, 1.165) is 42.4 Å². The van der Waals surface area contributed by atoms with E-state index in [4.69, 9.17) is 5.10 Å². The molecular weight excluding hydrogens is 879 g/mol. The van der Waals surface area contributed by atoms with Crippen molar-refractivity contribution in [2.75, 3.05) is 61.3 Å². The number of likely N-dealkylation sites (tertiary alicyclic amines) is 1. The minimum Gasteiger partial charge on any atom is -0.374 e. The number of benzene rings is 3. The summed E-state index contributed by atoms with van der Waals surface area (Å²) in [5.41, 5.74) is 4.30. The molecule has 3 N–H and O–H groups in total. The Morgan fingerprint density at radius 3 is 2.47 bits per heavy atom. The Morgan fingerprint density at radius 1 is 0.909 bits per heavy atom. The number of carbonyl (C=O) groups excluding carboxylic acids is 4. The number of aryl methyl sites for hydroxylation is 1. The molecule has 342 valence electrons. The lowest BCUT2D eigenvalue weighted by molar-refractivity contribution is -0.137. The van der Waals surface area contributed by atoms with Crippen molar-refractivity contribution in [3.63, 3.8) is 0 Å². The summed E-state index contributed by atoms with van der Waals surface area (Å²) in [6.45, 7) is 1.96. The zero-order chi connectivity index (χ0) is 45.7. The number of aromatic nitrogens is 5. The lowest BCUT2D eigenvalue weighted by Crippen LogP contribution is -2.54. The molecule has 10 rings (SSSR count). The highest BCUT2D eigenvalue weighted by atomic mass is 32.1. The number of anilines is 3. The number of thiazole rings is 1. The predicted molar refractivity (Wildman–Crippen MR) is 238 cm³/mol. The van der Waals surface area contributed by atoms with Gasteiger partial charge in [-0.25, -0.2) is 27.5 Å². The quantitative estimate of drug-likeness (QED) is 0.107. The molecule has 4 amide bonds. The molecule has 4 aliphatic heterocycles. The van der Waals surface area contributed by atoms with Crippen LogP contribution in [0.2, 0.25) is 0 Å². The fraction of sp³-hybridized carbons (Fsp3) is 0.370. The van der Waals surface area contributed by atoms with E-state index >= 15 is 17.6 Å². The van der Waals surface area contributed by atoms with Gasteiger partial charge in [0, 0.05) is 74.0 Å². The van der Waals surface area contributed by atoms with Gasteiger partial charge in [-0.3, -0.25) is 39.4 Å². The maximum atomic E-state index is 15.8. The second-order valence-corrected chi connectivity index (χ2v) is 18.1. The van der Waals surface area contributed by atoms with Crippen LogP contribution >= 0.6 is 11.3 Å². The molecule has 0 radical (unpaired) electrons. The van der Waals surface area contributed by atoms with E-state index in [-0.39, 0.29) is 66.7 Å². The van der Waals surface area contributed by atoms with Gasteiger partial charge in [0.25, 0.3) is 11.8 Å². The molecule has 0 saturated carbocycles. The largest absolute Gasteiger partial charge is 0.374 e. The van der Waals surface area contributed by atoms with Crippen LogP contribution in [0.25, 0.3) is 22.0 Å². The maximum absolute atomic E-state index is 15.8. The highest BCUT2D eigenvalue weighted by Crippen LogP contribution is 2.42. The minimum atomic E-state index is -3.30. The van der Waals surface area contributed by atoms with Gasteiger partial charge in [0.2, 0.25) is 17.7 Å². The summed E-state index contributed by atoms with van der Waals surface area (Å²) in [6, 6.07) is 13.1. The van der Waals surface area contributed by atoms with Crippen LogP contribution in [0.5, 0.6) is 0 Å². The molecule has 0 aliphatic carbocycles. The number of nitrogens with one attached hydrogen (secondary N) is 3. The number of amides is 4. The van der Waals surface area contributed by atoms with Gasteiger partial charge in [0.05, 0.1) is 41.9 Å². The monoisotopic (exact) mass is 923 g/mol. The summed E-state index contributed by atoms with van der Waals surface area (Å²) < 4.78 is 65.8. The number of carbonyl (C=O) groups is 4. The summed E-state index contributed by atoms with van der Waals surface area (Å²) >= 11 is 1.29. The van der Waals surface area contributed by atoms with Gasteiger partial charge in [-0.05, 0) is 85.3 Å². The number of halogens is 4. The second kappa shape index (κ2) is 17.6. The first-order chi connectivity index (χ1) is 31.9. The lowest BCUT2D eigenvalue weighted by atomic mass is 9.85. The summed E-state index contributed by atoms with van der Waals surface area (Å²) in [4.78, 5) is 64.7. The number of alkyl halides is 2. The van der Waals surface area contributed by atoms with Gasteiger partial charge in [0.15, 0.2) is 11.2 Å². The molecule has 3 aromatic carbocycles. The first kappa shape index (κ1) is 43.2. The third-order valence-electron chi connectivity index (χ3n) is 13.0. The zero-order valence-electron chi connectivity index (χ0n) is 35.6. The normalized spacial score (nSPS) is 20.3. The molecule has 66 heavy (non-hydrogen) atoms. The first-order valence-electron chi connectivity index (χ1n) is 21.9. The Bertz CT molecular complexity index is 2830.